The SMILES string of the molecule is O=C(CC(=Cc1cc(F)c(F)cc1F)[N+](=O)[O-])N1CCn2c(nnc2C(F)(F)F)C1. The van der Waals surface area contributed by atoms with Crippen LogP contribution in [0, 0.1) is 27.6 Å². The van der Waals surface area contributed by atoms with Crippen molar-refractivity contribution in [2.75, 3.05) is 6.54 Å². The Kier molecular flexibility index (Phi) is 5.50. The molecule has 1 aliphatic rings. The van der Waals surface area contributed by atoms with Crippen molar-refractivity contribution < 1.29 is 36.1 Å². The third-order valence-corrected chi connectivity index (χ3v) is 4.29. The molecule has 3 rings (SSSR count). The van der Waals surface area contributed by atoms with E-state index in [9.17, 15) is 41.3 Å². The van der Waals surface area contributed by atoms with E-state index in [4.69, 9.17) is 0 Å². The summed E-state index contributed by atoms with van der Waals surface area (Å²) in [5.41, 5.74) is -1.45. The minimum absolute atomic E-state index is 0.153. The van der Waals surface area contributed by atoms with Crippen LogP contribution in [0.2, 0.25) is 0 Å². The fourth-order valence-electron chi connectivity index (χ4n) is 2.84. The molecule has 0 spiro atoms. The van der Waals surface area contributed by atoms with Gasteiger partial charge >= 0.3 is 6.18 Å². The zero-order valence-corrected chi connectivity index (χ0v) is 14.8. The summed E-state index contributed by atoms with van der Waals surface area (Å²) in [6, 6.07) is 0.608. The van der Waals surface area contributed by atoms with Gasteiger partial charge in [0.05, 0.1) is 11.5 Å². The minimum Gasteiger partial charge on any atom is -0.333 e. The summed E-state index contributed by atoms with van der Waals surface area (Å²) in [5.74, 6) is -6.41. The Morgan fingerprint density at radius 2 is 1.80 bits per heavy atom. The fourth-order valence-corrected chi connectivity index (χ4v) is 2.84. The van der Waals surface area contributed by atoms with Crippen molar-refractivity contribution in [2.45, 2.75) is 25.7 Å². The number of amides is 1. The van der Waals surface area contributed by atoms with E-state index in [0.717, 1.165) is 9.47 Å². The molecule has 0 aliphatic carbocycles. The third-order valence-electron chi connectivity index (χ3n) is 4.29. The standard InChI is InChI=1S/C16H11F6N5O3/c17-10-6-12(19)11(18)4-8(10)3-9(27(29)30)5-14(28)25-1-2-26-13(7-25)23-24-15(26)16(20,21)22/h3-4,6H,1-2,5,7H2. The Morgan fingerprint density at radius 1 is 1.13 bits per heavy atom. The summed E-state index contributed by atoms with van der Waals surface area (Å²) >= 11 is 0. The molecule has 0 unspecified atom stereocenters. The third kappa shape index (κ3) is 4.26. The average molecular weight is 435 g/mol. The minimum atomic E-state index is -4.73. The molecule has 8 nitrogen and oxygen atoms in total. The van der Waals surface area contributed by atoms with Crippen LogP contribution in [0.4, 0.5) is 26.3 Å². The van der Waals surface area contributed by atoms with E-state index in [1.54, 1.807) is 0 Å². The van der Waals surface area contributed by atoms with Gasteiger partial charge in [-0.25, -0.2) is 13.2 Å². The number of aromatic nitrogens is 3. The summed E-state index contributed by atoms with van der Waals surface area (Å²) in [6.07, 6.45) is -5.00. The molecule has 0 fully saturated rings. The molecule has 2 aromatic rings. The Balaban J connectivity index is 1.79. The van der Waals surface area contributed by atoms with E-state index in [1.807, 2.05) is 0 Å². The van der Waals surface area contributed by atoms with Crippen molar-refractivity contribution in [1.82, 2.24) is 19.7 Å². The van der Waals surface area contributed by atoms with Crippen LogP contribution in [0.25, 0.3) is 6.08 Å². The molecule has 1 aromatic carbocycles. The first-order chi connectivity index (χ1) is 14.0. The molecule has 14 heteroatoms. The van der Waals surface area contributed by atoms with Crippen molar-refractivity contribution in [3.63, 3.8) is 0 Å². The molecule has 0 bridgehead atoms. The topological polar surface area (TPSA) is 94.2 Å². The maximum Gasteiger partial charge on any atom is 0.451 e. The van der Waals surface area contributed by atoms with Crippen LogP contribution in [0.15, 0.2) is 17.8 Å². The summed E-state index contributed by atoms with van der Waals surface area (Å²) in [4.78, 5) is 23.7. The van der Waals surface area contributed by atoms with Gasteiger partial charge in [-0.3, -0.25) is 14.9 Å². The Hall–Kier alpha value is -3.45. The number of halogens is 6. The Labute approximate surface area is 163 Å². The predicted octanol–water partition coefficient (Wildman–Crippen LogP) is 2.76. The molecule has 0 N–H and O–H groups in total. The zero-order chi connectivity index (χ0) is 22.2. The molecule has 1 aliphatic heterocycles. The summed E-state index contributed by atoms with van der Waals surface area (Å²) in [5, 5.41) is 17.7. The van der Waals surface area contributed by atoms with Crippen LogP contribution in [0.1, 0.15) is 23.6 Å². The normalized spacial score (nSPS) is 14.6. The number of rotatable bonds is 4. The van der Waals surface area contributed by atoms with E-state index in [0.29, 0.717) is 12.1 Å². The van der Waals surface area contributed by atoms with Crippen LogP contribution < -0.4 is 0 Å². The monoisotopic (exact) mass is 435 g/mol. The van der Waals surface area contributed by atoms with E-state index in [1.165, 1.54) is 0 Å². The van der Waals surface area contributed by atoms with Crippen LogP contribution >= 0.6 is 0 Å². The van der Waals surface area contributed by atoms with Crippen LogP contribution in [-0.2, 0) is 24.1 Å². The van der Waals surface area contributed by atoms with Gasteiger partial charge in [0.15, 0.2) is 17.5 Å². The molecule has 1 aromatic heterocycles. The number of alkyl halides is 3. The first-order valence-electron chi connectivity index (χ1n) is 8.24. The summed E-state index contributed by atoms with van der Waals surface area (Å²) in [6.45, 7) is -0.845. The van der Waals surface area contributed by atoms with Gasteiger partial charge in [-0.2, -0.15) is 13.2 Å². The van der Waals surface area contributed by atoms with Crippen molar-refractivity contribution in [3.8, 4) is 0 Å². The van der Waals surface area contributed by atoms with Crippen molar-refractivity contribution in [1.29, 1.82) is 0 Å². The molecule has 1 amide bonds. The van der Waals surface area contributed by atoms with E-state index in [-0.39, 0.29) is 31.5 Å². The molecule has 0 radical (unpaired) electrons. The molecular formula is C16H11F6N5O3. The lowest BCUT2D eigenvalue weighted by Crippen LogP contribution is -2.39. The molecule has 2 heterocycles. The number of hydrogen-bond acceptors (Lipinski definition) is 5. The maximum absolute atomic E-state index is 13.7. The van der Waals surface area contributed by atoms with Crippen LogP contribution in [-0.4, -0.2) is 37.0 Å². The van der Waals surface area contributed by atoms with Gasteiger partial charge < -0.3 is 9.47 Å². The number of carbonyl (C=O) groups excluding carboxylic acids is 1. The van der Waals surface area contributed by atoms with Crippen LogP contribution in [0.3, 0.4) is 0 Å². The van der Waals surface area contributed by atoms with Gasteiger partial charge in [0.2, 0.25) is 11.7 Å². The van der Waals surface area contributed by atoms with Gasteiger partial charge in [0.25, 0.3) is 5.70 Å². The van der Waals surface area contributed by atoms with E-state index < -0.39 is 58.0 Å². The highest BCUT2D eigenvalue weighted by molar-refractivity contribution is 5.79. The highest BCUT2D eigenvalue weighted by atomic mass is 19.4. The number of carbonyl (C=O) groups is 1. The molecule has 30 heavy (non-hydrogen) atoms. The zero-order valence-electron chi connectivity index (χ0n) is 14.8. The number of fused-ring (bicyclic) bond motifs is 1. The van der Waals surface area contributed by atoms with Gasteiger partial charge in [0, 0.05) is 30.8 Å². The lowest BCUT2D eigenvalue weighted by molar-refractivity contribution is -0.425. The molecule has 0 saturated heterocycles. The average Bonchev–Trinajstić information content (AvgIpc) is 3.08. The summed E-state index contributed by atoms with van der Waals surface area (Å²) in [7, 11) is 0. The Bertz CT molecular complexity index is 1050. The predicted molar refractivity (Wildman–Crippen MR) is 86.3 cm³/mol. The largest absolute Gasteiger partial charge is 0.451 e. The summed E-state index contributed by atoms with van der Waals surface area (Å²) < 4.78 is 79.4. The van der Waals surface area contributed by atoms with Gasteiger partial charge in [0.1, 0.15) is 12.2 Å². The smallest absolute Gasteiger partial charge is 0.333 e. The molecule has 0 saturated carbocycles. The van der Waals surface area contributed by atoms with E-state index in [2.05, 4.69) is 10.2 Å². The first-order valence-corrected chi connectivity index (χ1v) is 8.24. The number of nitro groups is 1. The second-order valence-corrected chi connectivity index (χ2v) is 6.26. The lowest BCUT2D eigenvalue weighted by Gasteiger charge is -2.27. The molecule has 0 atom stereocenters. The Morgan fingerprint density at radius 3 is 2.43 bits per heavy atom. The second-order valence-electron chi connectivity index (χ2n) is 6.26. The second kappa shape index (κ2) is 7.76. The van der Waals surface area contributed by atoms with Crippen molar-refractivity contribution in [3.05, 3.63) is 62.6 Å². The van der Waals surface area contributed by atoms with E-state index >= 15 is 0 Å². The van der Waals surface area contributed by atoms with Crippen molar-refractivity contribution in [2.24, 2.45) is 0 Å². The highest BCUT2D eigenvalue weighted by Crippen LogP contribution is 2.29. The first kappa shape index (κ1) is 21.3. The van der Waals surface area contributed by atoms with Crippen LogP contribution in [0.5, 0.6) is 0 Å². The molecule has 160 valence electrons. The molecular weight excluding hydrogens is 424 g/mol. The van der Waals surface area contributed by atoms with Gasteiger partial charge in [-0.05, 0) is 6.07 Å². The highest BCUT2D eigenvalue weighted by Gasteiger charge is 2.40. The quantitative estimate of drug-likeness (QED) is 0.319. The number of nitrogens with zero attached hydrogens (tertiary/aromatic N) is 5. The lowest BCUT2D eigenvalue weighted by atomic mass is 10.1. The fraction of sp³-hybridized carbons (Fsp3) is 0.312. The number of benzene rings is 1. The number of hydrogen-bond donors (Lipinski definition) is 0. The van der Waals surface area contributed by atoms with Gasteiger partial charge in [-0.15, -0.1) is 10.2 Å². The van der Waals surface area contributed by atoms with Gasteiger partial charge in [-0.1, -0.05) is 0 Å². The maximum atomic E-state index is 13.7. The van der Waals surface area contributed by atoms with Crippen molar-refractivity contribution >= 4 is 12.0 Å².